The van der Waals surface area contributed by atoms with Gasteiger partial charge in [0.1, 0.15) is 5.75 Å². The van der Waals surface area contributed by atoms with E-state index in [4.69, 9.17) is 4.74 Å². The van der Waals surface area contributed by atoms with E-state index in [1.54, 1.807) is 6.20 Å². The van der Waals surface area contributed by atoms with Crippen molar-refractivity contribution in [2.75, 3.05) is 6.61 Å². The van der Waals surface area contributed by atoms with E-state index in [1.807, 2.05) is 48.5 Å². The summed E-state index contributed by atoms with van der Waals surface area (Å²) in [6.07, 6.45) is 2.41. The van der Waals surface area contributed by atoms with Crippen LogP contribution in [0.3, 0.4) is 0 Å². The first-order valence-corrected chi connectivity index (χ1v) is 8.97. The number of H-pyrrole nitrogens is 1. The number of carbonyl (C=O) groups is 2. The molecule has 134 valence electrons. The number of para-hydroxylation sites is 2. The van der Waals surface area contributed by atoms with Crippen molar-refractivity contribution in [3.8, 4) is 5.75 Å². The number of nitrogens with one attached hydrogen (secondary N) is 3. The Morgan fingerprint density at radius 3 is 2.65 bits per heavy atom. The van der Waals surface area contributed by atoms with E-state index in [1.165, 1.54) is 0 Å². The van der Waals surface area contributed by atoms with Crippen LogP contribution in [0.15, 0.2) is 59.2 Å². The van der Waals surface area contributed by atoms with E-state index in [0.717, 1.165) is 21.1 Å². The maximum Gasteiger partial charge on any atom is 0.271 e. The molecule has 0 fully saturated rings. The molecule has 0 saturated carbocycles. The molecule has 0 aliphatic carbocycles. The SMILES string of the molecule is O=C(CCCOc1ccccc1Br)NNC(=O)c1c[nH]c2ccccc12. The minimum absolute atomic E-state index is 0.249. The van der Waals surface area contributed by atoms with Gasteiger partial charge in [-0.3, -0.25) is 20.4 Å². The van der Waals surface area contributed by atoms with E-state index in [2.05, 4.69) is 31.8 Å². The number of halogens is 1. The van der Waals surface area contributed by atoms with Crippen molar-refractivity contribution in [1.29, 1.82) is 0 Å². The molecule has 2 aromatic carbocycles. The predicted octanol–water partition coefficient (Wildman–Crippen LogP) is 3.55. The summed E-state index contributed by atoms with van der Waals surface area (Å²) >= 11 is 3.40. The molecule has 0 saturated heterocycles. The standard InChI is InChI=1S/C19H18BrN3O3/c20-15-7-2-4-9-17(15)26-11-5-10-18(24)22-23-19(25)14-12-21-16-8-3-1-6-13(14)16/h1-4,6-9,12,21H,5,10-11H2,(H,22,24)(H,23,25). The molecule has 26 heavy (non-hydrogen) atoms. The summed E-state index contributed by atoms with van der Waals surface area (Å²) in [5, 5.41) is 0.807. The number of hydrogen-bond donors (Lipinski definition) is 3. The topological polar surface area (TPSA) is 83.2 Å². The Hall–Kier alpha value is -2.80. The zero-order chi connectivity index (χ0) is 18.4. The minimum atomic E-state index is -0.361. The molecule has 1 aromatic heterocycles. The first-order chi connectivity index (χ1) is 12.6. The lowest BCUT2D eigenvalue weighted by atomic mass is 10.2. The summed E-state index contributed by atoms with van der Waals surface area (Å²) in [6, 6.07) is 15.0. The molecule has 3 N–H and O–H groups in total. The number of rotatable bonds is 6. The van der Waals surface area contributed by atoms with E-state index in [9.17, 15) is 9.59 Å². The quantitative estimate of drug-likeness (QED) is 0.425. The van der Waals surface area contributed by atoms with Crippen LogP contribution in [0.4, 0.5) is 0 Å². The third-order valence-electron chi connectivity index (χ3n) is 3.79. The smallest absolute Gasteiger partial charge is 0.271 e. The van der Waals surface area contributed by atoms with Crippen molar-refractivity contribution < 1.29 is 14.3 Å². The zero-order valence-corrected chi connectivity index (χ0v) is 15.5. The molecule has 1 heterocycles. The molecule has 3 aromatic rings. The van der Waals surface area contributed by atoms with Gasteiger partial charge >= 0.3 is 0 Å². The van der Waals surface area contributed by atoms with Crippen LogP contribution >= 0.6 is 15.9 Å². The number of aromatic nitrogens is 1. The average Bonchev–Trinajstić information content (AvgIpc) is 3.09. The molecule has 0 unspecified atom stereocenters. The monoisotopic (exact) mass is 415 g/mol. The number of ether oxygens (including phenoxy) is 1. The Morgan fingerprint density at radius 2 is 1.81 bits per heavy atom. The van der Waals surface area contributed by atoms with Crippen LogP contribution in [0.5, 0.6) is 5.75 Å². The fourth-order valence-electron chi connectivity index (χ4n) is 2.49. The molecule has 0 aliphatic rings. The first-order valence-electron chi connectivity index (χ1n) is 8.18. The molecule has 0 radical (unpaired) electrons. The lowest BCUT2D eigenvalue weighted by Gasteiger charge is -2.09. The number of fused-ring (bicyclic) bond motifs is 1. The van der Waals surface area contributed by atoms with Crippen LogP contribution in [0.1, 0.15) is 23.2 Å². The fourth-order valence-corrected chi connectivity index (χ4v) is 2.89. The van der Waals surface area contributed by atoms with Gasteiger partial charge in [-0.25, -0.2) is 0 Å². The van der Waals surface area contributed by atoms with Crippen LogP contribution < -0.4 is 15.6 Å². The van der Waals surface area contributed by atoms with Crippen molar-refractivity contribution in [2.45, 2.75) is 12.8 Å². The predicted molar refractivity (Wildman–Crippen MR) is 103 cm³/mol. The highest BCUT2D eigenvalue weighted by Gasteiger charge is 2.12. The Kier molecular flexibility index (Phi) is 5.91. The van der Waals surface area contributed by atoms with E-state index < -0.39 is 0 Å². The van der Waals surface area contributed by atoms with Gasteiger partial charge in [-0.2, -0.15) is 0 Å². The summed E-state index contributed by atoms with van der Waals surface area (Å²) in [7, 11) is 0. The second kappa shape index (κ2) is 8.53. The molecular weight excluding hydrogens is 398 g/mol. The largest absolute Gasteiger partial charge is 0.492 e. The third kappa shape index (κ3) is 4.43. The van der Waals surface area contributed by atoms with Gasteiger partial charge in [0.25, 0.3) is 5.91 Å². The van der Waals surface area contributed by atoms with E-state index in [0.29, 0.717) is 18.6 Å². The van der Waals surface area contributed by atoms with Gasteiger partial charge in [0.15, 0.2) is 0 Å². The van der Waals surface area contributed by atoms with Crippen molar-refractivity contribution in [1.82, 2.24) is 15.8 Å². The van der Waals surface area contributed by atoms with E-state index in [-0.39, 0.29) is 18.2 Å². The zero-order valence-electron chi connectivity index (χ0n) is 13.9. The summed E-state index contributed by atoms with van der Waals surface area (Å²) < 4.78 is 6.47. The molecule has 0 spiro atoms. The molecule has 0 aliphatic heterocycles. The Labute approximate surface area is 159 Å². The maximum absolute atomic E-state index is 12.2. The van der Waals surface area contributed by atoms with Crippen molar-refractivity contribution in [3.63, 3.8) is 0 Å². The summed E-state index contributed by atoms with van der Waals surface area (Å²) in [4.78, 5) is 27.1. The maximum atomic E-state index is 12.2. The van der Waals surface area contributed by atoms with Crippen LogP contribution in [0.25, 0.3) is 10.9 Å². The second-order valence-corrected chi connectivity index (χ2v) is 6.49. The number of hydrazine groups is 1. The van der Waals surface area contributed by atoms with Gasteiger partial charge in [0.2, 0.25) is 5.91 Å². The number of amides is 2. The van der Waals surface area contributed by atoms with Gasteiger partial charge in [0, 0.05) is 23.5 Å². The molecule has 0 atom stereocenters. The molecule has 7 heteroatoms. The van der Waals surface area contributed by atoms with Gasteiger partial charge in [-0.05, 0) is 40.5 Å². The summed E-state index contributed by atoms with van der Waals surface area (Å²) in [5.41, 5.74) is 6.22. The fraction of sp³-hybridized carbons (Fsp3) is 0.158. The van der Waals surface area contributed by atoms with Crippen molar-refractivity contribution in [3.05, 3.63) is 64.8 Å². The lowest BCUT2D eigenvalue weighted by Crippen LogP contribution is -2.41. The van der Waals surface area contributed by atoms with Gasteiger partial charge < -0.3 is 9.72 Å². The van der Waals surface area contributed by atoms with Gasteiger partial charge in [-0.1, -0.05) is 30.3 Å². The lowest BCUT2D eigenvalue weighted by molar-refractivity contribution is -0.122. The Bertz CT molecular complexity index is 923. The molecule has 6 nitrogen and oxygen atoms in total. The normalized spacial score (nSPS) is 10.5. The van der Waals surface area contributed by atoms with Gasteiger partial charge in [0.05, 0.1) is 16.6 Å². The minimum Gasteiger partial charge on any atom is -0.492 e. The average molecular weight is 416 g/mol. The van der Waals surface area contributed by atoms with Crippen molar-refractivity contribution >= 4 is 38.6 Å². The summed E-state index contributed by atoms with van der Waals surface area (Å²) in [5.74, 6) is 0.106. The highest BCUT2D eigenvalue weighted by atomic mass is 79.9. The first kappa shape index (κ1) is 18.0. The third-order valence-corrected chi connectivity index (χ3v) is 4.45. The van der Waals surface area contributed by atoms with Crippen LogP contribution in [0.2, 0.25) is 0 Å². The number of hydrogen-bond acceptors (Lipinski definition) is 3. The van der Waals surface area contributed by atoms with E-state index >= 15 is 0 Å². The van der Waals surface area contributed by atoms with Gasteiger partial charge in [-0.15, -0.1) is 0 Å². The Morgan fingerprint density at radius 1 is 1.04 bits per heavy atom. The number of benzene rings is 2. The molecular formula is C19H18BrN3O3. The summed E-state index contributed by atoms with van der Waals surface area (Å²) in [6.45, 7) is 0.409. The second-order valence-electron chi connectivity index (χ2n) is 5.63. The van der Waals surface area contributed by atoms with Crippen LogP contribution in [-0.2, 0) is 4.79 Å². The highest BCUT2D eigenvalue weighted by Crippen LogP contribution is 2.23. The van der Waals surface area contributed by atoms with Crippen molar-refractivity contribution in [2.24, 2.45) is 0 Å². The molecule has 0 bridgehead atoms. The molecule has 2 amide bonds. The number of carbonyl (C=O) groups excluding carboxylic acids is 2. The van der Waals surface area contributed by atoms with Crippen LogP contribution in [-0.4, -0.2) is 23.4 Å². The Balaban J connectivity index is 1.41. The molecule has 3 rings (SSSR count). The highest BCUT2D eigenvalue weighted by molar-refractivity contribution is 9.10. The number of aromatic amines is 1. The van der Waals surface area contributed by atoms with Crippen LogP contribution in [0, 0.1) is 0 Å².